The van der Waals surface area contributed by atoms with Gasteiger partial charge in [0.15, 0.2) is 9.84 Å². The topological polar surface area (TPSA) is 79.4 Å². The molecule has 0 saturated carbocycles. The second kappa shape index (κ2) is 8.04. The van der Waals surface area contributed by atoms with E-state index in [0.717, 1.165) is 11.3 Å². The summed E-state index contributed by atoms with van der Waals surface area (Å²) in [6.07, 6.45) is 2.04. The van der Waals surface area contributed by atoms with Crippen LogP contribution in [0.1, 0.15) is 29.4 Å². The van der Waals surface area contributed by atoms with Crippen molar-refractivity contribution < 1.29 is 17.6 Å². The molecule has 1 N–H and O–H groups in total. The van der Waals surface area contributed by atoms with Crippen LogP contribution in [0.25, 0.3) is 0 Å². The molecule has 1 atom stereocenters. The Balaban J connectivity index is 1.63. The van der Waals surface area contributed by atoms with E-state index in [-0.39, 0.29) is 35.0 Å². The molecule has 1 aliphatic heterocycles. The van der Waals surface area contributed by atoms with Gasteiger partial charge in [0, 0.05) is 19.1 Å². The van der Waals surface area contributed by atoms with Gasteiger partial charge in [-0.1, -0.05) is 12.1 Å². The summed E-state index contributed by atoms with van der Waals surface area (Å²) < 4.78 is 36.3. The number of benzene rings is 1. The molecule has 6 nitrogen and oxygen atoms in total. The monoisotopic (exact) mass is 391 g/mol. The van der Waals surface area contributed by atoms with Crippen LogP contribution in [0.5, 0.6) is 0 Å². The fraction of sp³-hybridized carbons (Fsp3) is 0.368. The Kier molecular flexibility index (Phi) is 5.74. The van der Waals surface area contributed by atoms with Gasteiger partial charge in [-0.15, -0.1) is 0 Å². The van der Waals surface area contributed by atoms with Gasteiger partial charge in [0.25, 0.3) is 5.91 Å². The van der Waals surface area contributed by atoms with Crippen molar-refractivity contribution >= 4 is 21.4 Å². The van der Waals surface area contributed by atoms with Gasteiger partial charge >= 0.3 is 0 Å². The Morgan fingerprint density at radius 3 is 2.56 bits per heavy atom. The molecule has 3 rings (SSSR count). The average Bonchev–Trinajstić information content (AvgIpc) is 3.02. The number of pyridine rings is 1. The molecule has 1 aromatic heterocycles. The van der Waals surface area contributed by atoms with E-state index in [1.54, 1.807) is 35.4 Å². The molecule has 1 fully saturated rings. The molecule has 2 aromatic rings. The van der Waals surface area contributed by atoms with Crippen LogP contribution in [0.15, 0.2) is 42.6 Å². The zero-order valence-electron chi connectivity index (χ0n) is 15.1. The van der Waals surface area contributed by atoms with Gasteiger partial charge in [0.05, 0.1) is 23.4 Å². The Hall–Kier alpha value is -2.48. The number of carbonyl (C=O) groups excluding carboxylic acids is 1. The van der Waals surface area contributed by atoms with Crippen molar-refractivity contribution in [3.63, 3.8) is 0 Å². The largest absolute Gasteiger partial charge is 0.380 e. The summed E-state index contributed by atoms with van der Waals surface area (Å²) in [6, 6.07) is 9.29. The number of halogens is 1. The predicted molar refractivity (Wildman–Crippen MR) is 102 cm³/mol. The minimum atomic E-state index is -3.06. The molecule has 1 unspecified atom stereocenters. The molecule has 27 heavy (non-hydrogen) atoms. The van der Waals surface area contributed by atoms with Crippen molar-refractivity contribution in [2.45, 2.75) is 25.9 Å². The smallest absolute Gasteiger partial charge is 0.272 e. The van der Waals surface area contributed by atoms with E-state index < -0.39 is 9.84 Å². The molecule has 0 radical (unpaired) electrons. The van der Waals surface area contributed by atoms with Crippen molar-refractivity contribution in [1.29, 1.82) is 0 Å². The quantitative estimate of drug-likeness (QED) is 0.818. The molecular weight excluding hydrogens is 369 g/mol. The van der Waals surface area contributed by atoms with Crippen molar-refractivity contribution in [3.8, 4) is 0 Å². The minimum Gasteiger partial charge on any atom is -0.380 e. The highest BCUT2D eigenvalue weighted by atomic mass is 32.2. The minimum absolute atomic E-state index is 0.0177. The Morgan fingerprint density at radius 2 is 2.00 bits per heavy atom. The number of sulfone groups is 1. The molecule has 8 heteroatoms. The van der Waals surface area contributed by atoms with Crippen LogP contribution < -0.4 is 5.32 Å². The Labute approximate surface area is 158 Å². The third-order valence-electron chi connectivity index (χ3n) is 4.64. The zero-order chi connectivity index (χ0) is 19.4. The molecule has 0 aliphatic carbocycles. The summed E-state index contributed by atoms with van der Waals surface area (Å²) in [5, 5.41) is 3.17. The SMILES string of the molecule is CCN(C(=O)c1ccc(NCc2ccc(F)cc2)cn1)C1CCS(=O)(=O)C1. The maximum atomic E-state index is 12.9. The van der Waals surface area contributed by atoms with Crippen LogP contribution >= 0.6 is 0 Å². The number of hydrogen-bond donors (Lipinski definition) is 1. The number of anilines is 1. The van der Waals surface area contributed by atoms with Gasteiger partial charge in [-0.05, 0) is 43.2 Å². The lowest BCUT2D eigenvalue weighted by atomic mass is 10.2. The summed E-state index contributed by atoms with van der Waals surface area (Å²) in [7, 11) is -3.06. The molecule has 1 saturated heterocycles. The van der Waals surface area contributed by atoms with Gasteiger partial charge in [-0.2, -0.15) is 0 Å². The number of carbonyl (C=O) groups is 1. The first-order chi connectivity index (χ1) is 12.9. The van der Waals surface area contributed by atoms with E-state index in [0.29, 0.717) is 19.5 Å². The summed E-state index contributed by atoms with van der Waals surface area (Å²) in [6.45, 7) is 2.78. The van der Waals surface area contributed by atoms with Crippen LogP contribution in [0.2, 0.25) is 0 Å². The first kappa shape index (κ1) is 19.3. The number of nitrogens with one attached hydrogen (secondary N) is 1. The van der Waals surface area contributed by atoms with Gasteiger partial charge < -0.3 is 10.2 Å². The third kappa shape index (κ3) is 4.82. The van der Waals surface area contributed by atoms with Crippen LogP contribution in [0, 0.1) is 5.82 Å². The highest BCUT2D eigenvalue weighted by Gasteiger charge is 2.34. The molecule has 0 bridgehead atoms. The van der Waals surface area contributed by atoms with Crippen molar-refractivity contribution in [2.24, 2.45) is 0 Å². The highest BCUT2D eigenvalue weighted by Crippen LogP contribution is 2.20. The average molecular weight is 391 g/mol. The molecule has 1 amide bonds. The molecule has 1 aliphatic rings. The maximum absolute atomic E-state index is 12.9. The first-order valence-corrected chi connectivity index (χ1v) is 10.7. The fourth-order valence-corrected chi connectivity index (χ4v) is 4.90. The number of amides is 1. The van der Waals surface area contributed by atoms with Crippen LogP contribution in [-0.2, 0) is 16.4 Å². The van der Waals surface area contributed by atoms with Gasteiger partial charge in [0.2, 0.25) is 0 Å². The lowest BCUT2D eigenvalue weighted by molar-refractivity contribution is 0.0702. The van der Waals surface area contributed by atoms with Crippen molar-refractivity contribution in [1.82, 2.24) is 9.88 Å². The second-order valence-electron chi connectivity index (χ2n) is 6.56. The summed E-state index contributed by atoms with van der Waals surface area (Å²) in [5.74, 6) is -0.395. The number of rotatable bonds is 6. The summed E-state index contributed by atoms with van der Waals surface area (Å²) >= 11 is 0. The summed E-state index contributed by atoms with van der Waals surface area (Å²) in [5.41, 5.74) is 1.95. The maximum Gasteiger partial charge on any atom is 0.272 e. The number of hydrogen-bond acceptors (Lipinski definition) is 5. The van der Waals surface area contributed by atoms with Gasteiger partial charge in [-0.25, -0.2) is 17.8 Å². The lowest BCUT2D eigenvalue weighted by Crippen LogP contribution is -2.41. The van der Waals surface area contributed by atoms with E-state index in [9.17, 15) is 17.6 Å². The van der Waals surface area contributed by atoms with E-state index >= 15 is 0 Å². The predicted octanol–water partition coefficient (Wildman–Crippen LogP) is 2.48. The fourth-order valence-electron chi connectivity index (χ4n) is 3.17. The summed E-state index contributed by atoms with van der Waals surface area (Å²) in [4.78, 5) is 18.5. The zero-order valence-corrected chi connectivity index (χ0v) is 15.9. The van der Waals surface area contributed by atoms with E-state index in [1.165, 1.54) is 12.1 Å². The molecule has 2 heterocycles. The molecule has 0 spiro atoms. The Bertz CT molecular complexity index is 899. The van der Waals surface area contributed by atoms with Crippen LogP contribution in [-0.4, -0.2) is 48.3 Å². The van der Waals surface area contributed by atoms with Gasteiger partial charge in [0.1, 0.15) is 11.5 Å². The van der Waals surface area contributed by atoms with Crippen LogP contribution in [0.4, 0.5) is 10.1 Å². The normalized spacial score (nSPS) is 18.2. The van der Waals surface area contributed by atoms with Crippen molar-refractivity contribution in [3.05, 3.63) is 59.7 Å². The Morgan fingerprint density at radius 1 is 1.26 bits per heavy atom. The third-order valence-corrected chi connectivity index (χ3v) is 6.39. The van der Waals surface area contributed by atoms with Crippen molar-refractivity contribution in [2.75, 3.05) is 23.4 Å². The van der Waals surface area contributed by atoms with Crippen LogP contribution in [0.3, 0.4) is 0 Å². The first-order valence-electron chi connectivity index (χ1n) is 8.84. The van der Waals surface area contributed by atoms with E-state index in [4.69, 9.17) is 0 Å². The van der Waals surface area contributed by atoms with E-state index in [1.807, 2.05) is 6.92 Å². The molecule has 144 valence electrons. The lowest BCUT2D eigenvalue weighted by Gasteiger charge is -2.26. The molecular formula is C19H22FN3O3S. The van der Waals surface area contributed by atoms with Gasteiger partial charge in [-0.3, -0.25) is 4.79 Å². The van der Waals surface area contributed by atoms with E-state index in [2.05, 4.69) is 10.3 Å². The second-order valence-corrected chi connectivity index (χ2v) is 8.79. The molecule has 1 aromatic carbocycles. The standard InChI is InChI=1S/C19H22FN3O3S/c1-2-23(17-9-10-27(25,26)13-17)19(24)18-8-7-16(12-22-18)21-11-14-3-5-15(20)6-4-14/h3-8,12,17,21H,2,9-11,13H2,1H3. The number of aromatic nitrogens is 1. The highest BCUT2D eigenvalue weighted by molar-refractivity contribution is 7.91. The number of nitrogens with zero attached hydrogens (tertiary/aromatic N) is 2.